The third kappa shape index (κ3) is 3.52. The first kappa shape index (κ1) is 14.6. The average molecular weight is 269 g/mol. The van der Waals surface area contributed by atoms with Crippen molar-refractivity contribution in [2.45, 2.75) is 44.6 Å². The third-order valence-corrected chi connectivity index (χ3v) is 3.68. The number of carbonyl (C=O) groups excluding carboxylic acids is 1. The lowest BCUT2D eigenvalue weighted by Crippen LogP contribution is -2.46. The smallest absolute Gasteiger partial charge is 0.262 e. The van der Waals surface area contributed by atoms with Gasteiger partial charge in [0.15, 0.2) is 0 Å². The van der Waals surface area contributed by atoms with Gasteiger partial charge in [-0.25, -0.2) is 8.78 Å². The van der Waals surface area contributed by atoms with Gasteiger partial charge in [0.2, 0.25) is 5.91 Å². The number of hydrogen-bond donors (Lipinski definition) is 2. The molecule has 0 radical (unpaired) electrons. The summed E-state index contributed by atoms with van der Waals surface area (Å²) in [6, 6.07) is -0.723. The van der Waals surface area contributed by atoms with Gasteiger partial charge in [-0.2, -0.15) is 0 Å². The highest BCUT2D eigenvalue weighted by Gasteiger charge is 2.42. The Morgan fingerprint density at radius 1 is 1.47 bits per heavy atom. The van der Waals surface area contributed by atoms with Crippen molar-refractivity contribution >= 4 is 18.3 Å². The Bertz CT molecular complexity index is 295. The van der Waals surface area contributed by atoms with Gasteiger partial charge >= 0.3 is 0 Å². The summed E-state index contributed by atoms with van der Waals surface area (Å²) in [4.78, 5) is 11.6. The van der Waals surface area contributed by atoms with E-state index in [4.69, 9.17) is 0 Å². The Labute approximate surface area is 106 Å². The lowest BCUT2D eigenvalue weighted by Gasteiger charge is -2.38. The zero-order valence-electron chi connectivity index (χ0n) is 9.89. The van der Waals surface area contributed by atoms with E-state index < -0.39 is 12.0 Å². The maximum Gasteiger partial charge on any atom is 0.262 e. The first-order chi connectivity index (χ1) is 7.40. The number of hydrogen-bond acceptors (Lipinski definition) is 2. The fraction of sp³-hybridized carbons (Fsp3) is 0.909. The molecular formula is C11H19ClF2N2O. The standard InChI is InChI=1S/C11H18F2N2O.ClH/c1-10(3-2-4-10)6-15-9(16)8-5-11(12,13)7-14-8;/h8,14H,2-7H2,1H3,(H,15,16);1H. The summed E-state index contributed by atoms with van der Waals surface area (Å²) in [5.41, 5.74) is 0.191. The normalized spacial score (nSPS) is 29.0. The Hall–Kier alpha value is -0.420. The number of carbonyl (C=O) groups is 1. The quantitative estimate of drug-likeness (QED) is 0.818. The van der Waals surface area contributed by atoms with E-state index in [1.54, 1.807) is 0 Å². The summed E-state index contributed by atoms with van der Waals surface area (Å²) < 4.78 is 25.7. The molecule has 2 N–H and O–H groups in total. The molecule has 2 fully saturated rings. The largest absolute Gasteiger partial charge is 0.354 e. The molecule has 0 aromatic rings. The summed E-state index contributed by atoms with van der Waals surface area (Å²) in [6.07, 6.45) is 3.05. The van der Waals surface area contributed by atoms with Crippen LogP contribution in [0, 0.1) is 5.41 Å². The number of halogens is 3. The molecule has 1 unspecified atom stereocenters. The van der Waals surface area contributed by atoms with E-state index in [2.05, 4.69) is 17.6 Å². The van der Waals surface area contributed by atoms with E-state index in [-0.39, 0.29) is 36.7 Å². The van der Waals surface area contributed by atoms with Gasteiger partial charge in [-0.3, -0.25) is 10.1 Å². The van der Waals surface area contributed by atoms with Crippen LogP contribution in [0.3, 0.4) is 0 Å². The number of amides is 1. The maximum atomic E-state index is 12.9. The van der Waals surface area contributed by atoms with Crippen LogP contribution >= 0.6 is 12.4 Å². The van der Waals surface area contributed by atoms with Crippen molar-refractivity contribution in [1.82, 2.24) is 10.6 Å². The molecule has 1 heterocycles. The van der Waals surface area contributed by atoms with Gasteiger partial charge in [-0.15, -0.1) is 12.4 Å². The predicted molar refractivity (Wildman–Crippen MR) is 63.6 cm³/mol. The molecule has 1 atom stereocenters. The molecule has 1 aliphatic carbocycles. The van der Waals surface area contributed by atoms with Crippen LogP contribution in [0.5, 0.6) is 0 Å². The van der Waals surface area contributed by atoms with Crippen molar-refractivity contribution in [2.24, 2.45) is 5.41 Å². The van der Waals surface area contributed by atoms with E-state index in [1.165, 1.54) is 6.42 Å². The maximum absolute atomic E-state index is 12.9. The minimum atomic E-state index is -2.73. The van der Waals surface area contributed by atoms with Crippen LogP contribution in [0.2, 0.25) is 0 Å². The van der Waals surface area contributed by atoms with Gasteiger partial charge in [0, 0.05) is 13.0 Å². The molecule has 17 heavy (non-hydrogen) atoms. The van der Waals surface area contributed by atoms with Crippen LogP contribution in [0.15, 0.2) is 0 Å². The van der Waals surface area contributed by atoms with Crippen molar-refractivity contribution in [3.05, 3.63) is 0 Å². The molecule has 1 amide bonds. The van der Waals surface area contributed by atoms with E-state index in [9.17, 15) is 13.6 Å². The zero-order valence-corrected chi connectivity index (χ0v) is 10.7. The molecular weight excluding hydrogens is 250 g/mol. The fourth-order valence-corrected chi connectivity index (χ4v) is 2.28. The molecule has 1 saturated carbocycles. The van der Waals surface area contributed by atoms with Crippen molar-refractivity contribution < 1.29 is 13.6 Å². The van der Waals surface area contributed by atoms with Crippen molar-refractivity contribution in [2.75, 3.05) is 13.1 Å². The van der Waals surface area contributed by atoms with E-state index in [0.717, 1.165) is 12.8 Å². The summed E-state index contributed by atoms with van der Waals surface area (Å²) >= 11 is 0. The van der Waals surface area contributed by atoms with E-state index in [1.807, 2.05) is 0 Å². The molecule has 1 aliphatic heterocycles. The molecule has 2 aliphatic rings. The Morgan fingerprint density at radius 2 is 2.12 bits per heavy atom. The van der Waals surface area contributed by atoms with Crippen LogP contribution < -0.4 is 10.6 Å². The lowest BCUT2D eigenvalue weighted by molar-refractivity contribution is -0.124. The van der Waals surface area contributed by atoms with E-state index >= 15 is 0 Å². The SMILES string of the molecule is CC1(CNC(=O)C2CC(F)(F)CN2)CCC1.Cl. The molecule has 3 nitrogen and oxygen atoms in total. The van der Waals surface area contributed by atoms with Crippen molar-refractivity contribution in [1.29, 1.82) is 0 Å². The van der Waals surface area contributed by atoms with Crippen molar-refractivity contribution in [3.8, 4) is 0 Å². The molecule has 1 saturated heterocycles. The predicted octanol–water partition coefficient (Wildman–Crippen LogP) is 1.71. The van der Waals surface area contributed by atoms with Crippen LogP contribution in [-0.4, -0.2) is 31.0 Å². The molecule has 100 valence electrons. The summed E-state index contributed by atoms with van der Waals surface area (Å²) in [5, 5.41) is 5.33. The highest BCUT2D eigenvalue weighted by molar-refractivity contribution is 5.85. The number of alkyl halides is 2. The first-order valence-corrected chi connectivity index (χ1v) is 5.79. The highest BCUT2D eigenvalue weighted by atomic mass is 35.5. The third-order valence-electron chi connectivity index (χ3n) is 3.68. The monoisotopic (exact) mass is 268 g/mol. The van der Waals surface area contributed by atoms with Gasteiger partial charge in [-0.1, -0.05) is 13.3 Å². The van der Waals surface area contributed by atoms with Crippen LogP contribution in [-0.2, 0) is 4.79 Å². The van der Waals surface area contributed by atoms with Crippen molar-refractivity contribution in [3.63, 3.8) is 0 Å². The van der Waals surface area contributed by atoms with Gasteiger partial charge in [0.25, 0.3) is 5.92 Å². The van der Waals surface area contributed by atoms with Crippen LogP contribution in [0.4, 0.5) is 8.78 Å². The second kappa shape index (κ2) is 5.06. The Balaban J connectivity index is 0.00000144. The van der Waals surface area contributed by atoms with Gasteiger partial charge < -0.3 is 5.32 Å². The molecule has 0 spiro atoms. The highest BCUT2D eigenvalue weighted by Crippen LogP contribution is 2.39. The number of nitrogens with one attached hydrogen (secondary N) is 2. The van der Waals surface area contributed by atoms with Gasteiger partial charge in [0.05, 0.1) is 12.6 Å². The lowest BCUT2D eigenvalue weighted by atomic mass is 9.70. The summed E-state index contributed by atoms with van der Waals surface area (Å²) in [5.74, 6) is -3.02. The summed E-state index contributed by atoms with van der Waals surface area (Å²) in [6.45, 7) is 2.34. The molecule has 0 aromatic heterocycles. The average Bonchev–Trinajstić information content (AvgIpc) is 2.52. The second-order valence-corrected chi connectivity index (χ2v) is 5.38. The first-order valence-electron chi connectivity index (χ1n) is 5.79. The minimum Gasteiger partial charge on any atom is -0.354 e. The Kier molecular flexibility index (Phi) is 4.36. The minimum absolute atomic E-state index is 0. The van der Waals surface area contributed by atoms with Gasteiger partial charge in [-0.05, 0) is 18.3 Å². The number of rotatable bonds is 3. The molecule has 0 aromatic carbocycles. The second-order valence-electron chi connectivity index (χ2n) is 5.38. The zero-order chi connectivity index (χ0) is 11.8. The van der Waals surface area contributed by atoms with Gasteiger partial charge in [0.1, 0.15) is 0 Å². The molecule has 6 heteroatoms. The van der Waals surface area contributed by atoms with Crippen LogP contribution in [0.1, 0.15) is 32.6 Å². The molecule has 2 rings (SSSR count). The summed E-state index contributed by atoms with van der Waals surface area (Å²) in [7, 11) is 0. The Morgan fingerprint density at radius 3 is 2.53 bits per heavy atom. The van der Waals surface area contributed by atoms with E-state index in [0.29, 0.717) is 6.54 Å². The van der Waals surface area contributed by atoms with Crippen LogP contribution in [0.25, 0.3) is 0 Å². The molecule has 0 bridgehead atoms. The fourth-order valence-electron chi connectivity index (χ4n) is 2.28. The topological polar surface area (TPSA) is 41.1 Å².